The lowest BCUT2D eigenvalue weighted by Crippen LogP contribution is -2.09. The minimum atomic E-state index is -0.0817. The second-order valence-corrected chi connectivity index (χ2v) is 6.76. The predicted octanol–water partition coefficient (Wildman–Crippen LogP) is 5.08. The maximum Gasteiger partial charge on any atom is 0.210 e. The molecular formula is C12H7BrCl2O2S. The molecule has 0 aliphatic carbocycles. The summed E-state index contributed by atoms with van der Waals surface area (Å²) in [6.07, 6.45) is 0. The van der Waals surface area contributed by atoms with E-state index in [4.69, 9.17) is 27.9 Å². The van der Waals surface area contributed by atoms with Crippen LogP contribution in [0.4, 0.5) is 0 Å². The van der Waals surface area contributed by atoms with Crippen LogP contribution < -0.4 is 4.74 Å². The van der Waals surface area contributed by atoms with E-state index in [1.54, 1.807) is 24.3 Å². The lowest BCUT2D eigenvalue weighted by molar-refractivity contribution is 0.0925. The van der Waals surface area contributed by atoms with E-state index in [9.17, 15) is 4.79 Å². The summed E-state index contributed by atoms with van der Waals surface area (Å²) in [6, 6.07) is 8.42. The molecule has 0 aliphatic heterocycles. The van der Waals surface area contributed by atoms with Crippen molar-refractivity contribution in [3.05, 3.63) is 49.0 Å². The van der Waals surface area contributed by atoms with Crippen LogP contribution in [0.25, 0.3) is 0 Å². The number of rotatable bonds is 4. The van der Waals surface area contributed by atoms with E-state index in [2.05, 4.69) is 15.9 Å². The summed E-state index contributed by atoms with van der Waals surface area (Å²) in [5, 5.41) is 0.952. The molecule has 0 fully saturated rings. The number of hydrogen-bond acceptors (Lipinski definition) is 3. The van der Waals surface area contributed by atoms with Crippen LogP contribution >= 0.6 is 50.5 Å². The Hall–Kier alpha value is -0.550. The minimum Gasteiger partial charge on any atom is -0.485 e. The molecule has 0 saturated carbocycles. The van der Waals surface area contributed by atoms with Crippen molar-refractivity contribution in [1.82, 2.24) is 0 Å². The van der Waals surface area contributed by atoms with Crippen molar-refractivity contribution in [3.63, 3.8) is 0 Å². The first-order valence-corrected chi connectivity index (χ1v) is 7.28. The number of Topliss-reactive ketones (excluding diaryl/α,β-unsaturated/α-hetero) is 1. The van der Waals surface area contributed by atoms with Crippen LogP contribution in [-0.4, -0.2) is 12.4 Å². The van der Waals surface area contributed by atoms with Crippen LogP contribution in [0.1, 0.15) is 9.67 Å². The van der Waals surface area contributed by atoms with Gasteiger partial charge < -0.3 is 4.74 Å². The summed E-state index contributed by atoms with van der Waals surface area (Å²) in [7, 11) is 0. The second-order valence-electron chi connectivity index (χ2n) is 3.42. The molecule has 2 nitrogen and oxygen atoms in total. The Morgan fingerprint density at radius 2 is 1.89 bits per heavy atom. The van der Waals surface area contributed by atoms with Crippen molar-refractivity contribution >= 4 is 56.3 Å². The zero-order chi connectivity index (χ0) is 13.1. The molecule has 0 spiro atoms. The Bertz CT molecular complexity index is 563. The van der Waals surface area contributed by atoms with Gasteiger partial charge in [-0.2, -0.15) is 0 Å². The Kier molecular flexibility index (Phi) is 4.67. The molecule has 0 N–H and O–H groups in total. The fourth-order valence-electron chi connectivity index (χ4n) is 1.30. The van der Waals surface area contributed by atoms with E-state index in [1.165, 1.54) is 11.3 Å². The maximum absolute atomic E-state index is 11.8. The topological polar surface area (TPSA) is 26.3 Å². The first-order chi connectivity index (χ1) is 8.54. The van der Waals surface area contributed by atoms with Gasteiger partial charge in [-0.05, 0) is 46.3 Å². The van der Waals surface area contributed by atoms with E-state index >= 15 is 0 Å². The molecule has 0 atom stereocenters. The van der Waals surface area contributed by atoms with Gasteiger partial charge in [0, 0.05) is 10.0 Å². The van der Waals surface area contributed by atoms with Gasteiger partial charge in [-0.3, -0.25) is 4.79 Å². The number of ether oxygens (including phenoxy) is 1. The molecule has 94 valence electrons. The standard InChI is InChI=1S/C12H7BrCl2O2S/c13-12-2-1-11(18-12)10(16)6-17-9-4-7(14)3-8(15)5-9/h1-5H,6H2. The van der Waals surface area contributed by atoms with Crippen molar-refractivity contribution in [1.29, 1.82) is 0 Å². The summed E-state index contributed by atoms with van der Waals surface area (Å²) >= 11 is 16.3. The summed E-state index contributed by atoms with van der Waals surface area (Å²) < 4.78 is 6.28. The molecule has 1 heterocycles. The Balaban J connectivity index is 2.01. The van der Waals surface area contributed by atoms with Crippen molar-refractivity contribution < 1.29 is 9.53 Å². The van der Waals surface area contributed by atoms with Crippen molar-refractivity contribution in [2.75, 3.05) is 6.61 Å². The summed E-state index contributed by atoms with van der Waals surface area (Å²) in [4.78, 5) is 12.4. The number of thiophene rings is 1. The normalized spacial score (nSPS) is 10.4. The summed E-state index contributed by atoms with van der Waals surface area (Å²) in [5.41, 5.74) is 0. The molecule has 0 unspecified atom stereocenters. The predicted molar refractivity (Wildman–Crippen MR) is 78.3 cm³/mol. The van der Waals surface area contributed by atoms with Crippen LogP contribution in [0, 0.1) is 0 Å². The van der Waals surface area contributed by atoms with Gasteiger partial charge in [0.15, 0.2) is 6.61 Å². The van der Waals surface area contributed by atoms with Crippen LogP contribution in [0.2, 0.25) is 10.0 Å². The lowest BCUT2D eigenvalue weighted by Gasteiger charge is -2.05. The molecule has 1 aromatic carbocycles. The van der Waals surface area contributed by atoms with Crippen LogP contribution in [0.3, 0.4) is 0 Å². The lowest BCUT2D eigenvalue weighted by atomic mass is 10.3. The number of carbonyl (C=O) groups excluding carboxylic acids is 1. The average Bonchev–Trinajstić information content (AvgIpc) is 2.71. The number of halogens is 3. The maximum atomic E-state index is 11.8. The first kappa shape index (κ1) is 13.9. The number of benzene rings is 1. The van der Waals surface area contributed by atoms with Gasteiger partial charge in [-0.15, -0.1) is 11.3 Å². The van der Waals surface area contributed by atoms with E-state index in [-0.39, 0.29) is 12.4 Å². The van der Waals surface area contributed by atoms with Gasteiger partial charge in [0.1, 0.15) is 5.75 Å². The largest absolute Gasteiger partial charge is 0.485 e. The number of hydrogen-bond donors (Lipinski definition) is 0. The highest BCUT2D eigenvalue weighted by Gasteiger charge is 2.10. The molecule has 6 heteroatoms. The third-order valence-electron chi connectivity index (χ3n) is 2.05. The van der Waals surface area contributed by atoms with Crippen LogP contribution in [-0.2, 0) is 0 Å². The average molecular weight is 366 g/mol. The minimum absolute atomic E-state index is 0.0381. The fourth-order valence-corrected chi connectivity index (χ4v) is 3.11. The third-order valence-corrected chi connectivity index (χ3v) is 4.16. The van der Waals surface area contributed by atoms with Gasteiger partial charge in [-0.25, -0.2) is 0 Å². The van der Waals surface area contributed by atoms with Gasteiger partial charge in [0.25, 0.3) is 0 Å². The molecule has 1 aromatic heterocycles. The zero-order valence-electron chi connectivity index (χ0n) is 8.95. The van der Waals surface area contributed by atoms with Gasteiger partial charge in [-0.1, -0.05) is 23.2 Å². The van der Waals surface area contributed by atoms with E-state index in [0.717, 1.165) is 3.79 Å². The van der Waals surface area contributed by atoms with Crippen LogP contribution in [0.15, 0.2) is 34.1 Å². The highest BCUT2D eigenvalue weighted by atomic mass is 79.9. The van der Waals surface area contributed by atoms with Gasteiger partial charge >= 0.3 is 0 Å². The highest BCUT2D eigenvalue weighted by Crippen LogP contribution is 2.25. The molecule has 2 aromatic rings. The van der Waals surface area contributed by atoms with E-state index < -0.39 is 0 Å². The fraction of sp³-hybridized carbons (Fsp3) is 0.0833. The zero-order valence-corrected chi connectivity index (χ0v) is 12.9. The van der Waals surface area contributed by atoms with E-state index in [1.807, 2.05) is 6.07 Å². The monoisotopic (exact) mass is 364 g/mol. The SMILES string of the molecule is O=C(COc1cc(Cl)cc(Cl)c1)c1ccc(Br)s1. The van der Waals surface area contributed by atoms with Gasteiger partial charge in [0.05, 0.1) is 8.66 Å². The highest BCUT2D eigenvalue weighted by molar-refractivity contribution is 9.11. The first-order valence-electron chi connectivity index (χ1n) is 4.92. The Labute approximate surface area is 127 Å². The van der Waals surface area contributed by atoms with Crippen molar-refractivity contribution in [2.24, 2.45) is 0 Å². The number of ketones is 1. The molecule has 18 heavy (non-hydrogen) atoms. The van der Waals surface area contributed by atoms with Gasteiger partial charge in [0.2, 0.25) is 5.78 Å². The number of carbonyl (C=O) groups is 1. The quantitative estimate of drug-likeness (QED) is 0.706. The molecule has 0 radical (unpaired) electrons. The van der Waals surface area contributed by atoms with E-state index in [0.29, 0.717) is 20.7 Å². The third kappa shape index (κ3) is 3.72. The molecule has 0 saturated heterocycles. The van der Waals surface area contributed by atoms with Crippen LogP contribution in [0.5, 0.6) is 5.75 Å². The summed E-state index contributed by atoms with van der Waals surface area (Å²) in [5.74, 6) is 0.401. The molecular weight excluding hydrogens is 359 g/mol. The summed E-state index contributed by atoms with van der Waals surface area (Å²) in [6.45, 7) is -0.0381. The second kappa shape index (κ2) is 6.06. The molecule has 0 amide bonds. The Morgan fingerprint density at radius 1 is 1.22 bits per heavy atom. The smallest absolute Gasteiger partial charge is 0.210 e. The van der Waals surface area contributed by atoms with Crippen molar-refractivity contribution in [2.45, 2.75) is 0 Å². The Morgan fingerprint density at radius 3 is 2.44 bits per heavy atom. The molecule has 2 rings (SSSR count). The van der Waals surface area contributed by atoms with Crippen molar-refractivity contribution in [3.8, 4) is 5.75 Å². The molecule has 0 bridgehead atoms. The molecule has 0 aliphatic rings.